The summed E-state index contributed by atoms with van der Waals surface area (Å²) in [4.78, 5) is 4.38. The number of fused-ring (bicyclic) bond motifs is 1. The molecule has 0 saturated heterocycles. The molecule has 5 nitrogen and oxygen atoms in total. The Morgan fingerprint density at radius 2 is 2.19 bits per heavy atom. The monoisotopic (exact) mass is 246 g/mol. The molecule has 2 rings (SSSR count). The molecule has 92 valence electrons. The van der Waals surface area contributed by atoms with E-state index in [1.807, 2.05) is 6.92 Å². The van der Waals surface area contributed by atoms with Crippen molar-refractivity contribution in [2.75, 3.05) is 13.2 Å². The lowest BCUT2D eigenvalue weighted by Gasteiger charge is -2.37. The molecule has 6 heteroatoms. The number of thioether (sulfide) groups is 1. The first-order chi connectivity index (χ1) is 7.67. The van der Waals surface area contributed by atoms with Crippen molar-refractivity contribution in [2.24, 2.45) is 10.9 Å². The molecular formula is C10H18N2O3S. The van der Waals surface area contributed by atoms with Crippen molar-refractivity contribution < 1.29 is 15.3 Å². The van der Waals surface area contributed by atoms with Crippen LogP contribution in [-0.4, -0.2) is 57.1 Å². The van der Waals surface area contributed by atoms with Gasteiger partial charge in [-0.2, -0.15) is 0 Å². The van der Waals surface area contributed by atoms with E-state index >= 15 is 0 Å². The van der Waals surface area contributed by atoms with Crippen LogP contribution in [0.1, 0.15) is 13.3 Å². The zero-order valence-corrected chi connectivity index (χ0v) is 10.0. The number of aliphatic hydroxyl groups excluding tert-OH is 3. The number of rotatable bonds is 2. The van der Waals surface area contributed by atoms with Gasteiger partial charge in [0.1, 0.15) is 6.10 Å². The maximum atomic E-state index is 9.93. The minimum Gasteiger partial charge on any atom is -0.396 e. The van der Waals surface area contributed by atoms with Crippen molar-refractivity contribution in [3.05, 3.63) is 0 Å². The molecule has 0 aromatic carbocycles. The first-order valence-electron chi connectivity index (χ1n) is 5.62. The van der Waals surface area contributed by atoms with Crippen LogP contribution in [0.4, 0.5) is 0 Å². The molecule has 0 unspecified atom stereocenters. The third-order valence-electron chi connectivity index (χ3n) is 3.19. The molecule has 0 aromatic heterocycles. The smallest absolute Gasteiger partial charge is 0.157 e. The summed E-state index contributed by atoms with van der Waals surface area (Å²) >= 11 is 1.60. The van der Waals surface area contributed by atoms with Crippen LogP contribution >= 0.6 is 11.8 Å². The van der Waals surface area contributed by atoms with Crippen LogP contribution in [0.2, 0.25) is 0 Å². The molecule has 4 N–H and O–H groups in total. The van der Waals surface area contributed by atoms with Crippen LogP contribution in [-0.2, 0) is 0 Å². The van der Waals surface area contributed by atoms with E-state index in [-0.39, 0.29) is 23.8 Å². The highest BCUT2D eigenvalue weighted by Gasteiger charge is 2.46. The highest BCUT2D eigenvalue weighted by atomic mass is 32.2. The Bertz CT molecular complexity index is 287. The standard InChI is InChI=1S/C10H18N2O3S/c1-2-11-10-12-7-6(16-10)3-5(4-13)8(14)9(7)15/h5-9,13-15H,2-4H2,1H3,(H,11,12)/t5-,6+,7+,8-,9-/m0/s1. The maximum Gasteiger partial charge on any atom is 0.157 e. The predicted octanol–water partition coefficient (Wildman–Crippen LogP) is -0.830. The van der Waals surface area contributed by atoms with E-state index in [0.29, 0.717) is 6.42 Å². The lowest BCUT2D eigenvalue weighted by Crippen LogP contribution is -2.51. The average molecular weight is 246 g/mol. The summed E-state index contributed by atoms with van der Waals surface area (Å²) in [6.07, 6.45) is -1.03. The minimum absolute atomic E-state index is 0.0848. The van der Waals surface area contributed by atoms with Gasteiger partial charge in [0.05, 0.1) is 12.1 Å². The lowest BCUT2D eigenvalue weighted by molar-refractivity contribution is -0.0646. The van der Waals surface area contributed by atoms with Crippen LogP contribution in [0.25, 0.3) is 0 Å². The Labute approximate surface area is 99.0 Å². The molecule has 16 heavy (non-hydrogen) atoms. The van der Waals surface area contributed by atoms with Crippen molar-refractivity contribution in [3.63, 3.8) is 0 Å². The van der Waals surface area contributed by atoms with E-state index in [4.69, 9.17) is 5.11 Å². The molecule has 1 aliphatic heterocycles. The fraction of sp³-hybridized carbons (Fsp3) is 0.900. The Morgan fingerprint density at radius 3 is 2.81 bits per heavy atom. The number of nitrogens with zero attached hydrogens (tertiary/aromatic N) is 1. The molecule has 1 aliphatic carbocycles. The third kappa shape index (κ3) is 2.07. The molecule has 0 amide bonds. The fourth-order valence-corrected chi connectivity index (χ4v) is 3.69. The summed E-state index contributed by atoms with van der Waals surface area (Å²) in [5.41, 5.74) is 0. The summed E-state index contributed by atoms with van der Waals surface area (Å²) in [7, 11) is 0. The van der Waals surface area contributed by atoms with Crippen molar-refractivity contribution in [1.29, 1.82) is 0 Å². The summed E-state index contributed by atoms with van der Waals surface area (Å²) in [5, 5.41) is 33.0. The number of nitrogens with one attached hydrogen (secondary N) is 1. The van der Waals surface area contributed by atoms with Gasteiger partial charge in [0.15, 0.2) is 5.17 Å². The second kappa shape index (κ2) is 4.91. The Hall–Kier alpha value is -0.300. The Kier molecular flexibility index (Phi) is 3.73. The summed E-state index contributed by atoms with van der Waals surface area (Å²) in [6, 6.07) is -0.239. The van der Waals surface area contributed by atoms with Crippen molar-refractivity contribution in [2.45, 2.75) is 36.8 Å². The average Bonchev–Trinajstić information content (AvgIpc) is 2.67. The summed E-state index contributed by atoms with van der Waals surface area (Å²) < 4.78 is 0. The Morgan fingerprint density at radius 1 is 1.44 bits per heavy atom. The maximum absolute atomic E-state index is 9.93. The molecule has 1 saturated carbocycles. The van der Waals surface area contributed by atoms with Gasteiger partial charge in [-0.3, -0.25) is 4.99 Å². The molecule has 1 fully saturated rings. The minimum atomic E-state index is -0.864. The van der Waals surface area contributed by atoms with E-state index in [1.54, 1.807) is 11.8 Å². The molecule has 0 bridgehead atoms. The van der Waals surface area contributed by atoms with Gasteiger partial charge < -0.3 is 20.6 Å². The predicted molar refractivity (Wildman–Crippen MR) is 63.5 cm³/mol. The zero-order chi connectivity index (χ0) is 11.7. The van der Waals surface area contributed by atoms with E-state index in [2.05, 4.69) is 10.3 Å². The van der Waals surface area contributed by atoms with Crippen molar-refractivity contribution in [3.8, 4) is 0 Å². The van der Waals surface area contributed by atoms with Crippen LogP contribution < -0.4 is 5.32 Å². The summed E-state index contributed by atoms with van der Waals surface area (Å²) in [5.74, 6) is -0.236. The zero-order valence-electron chi connectivity index (χ0n) is 9.21. The lowest BCUT2D eigenvalue weighted by atomic mass is 9.81. The van der Waals surface area contributed by atoms with Crippen LogP contribution in [0.5, 0.6) is 0 Å². The normalized spacial score (nSPS) is 42.8. The molecule has 2 aliphatic rings. The highest BCUT2D eigenvalue weighted by Crippen LogP contribution is 2.39. The van der Waals surface area contributed by atoms with Gasteiger partial charge in [0.25, 0.3) is 0 Å². The molecule has 1 heterocycles. The molecule has 0 aromatic rings. The third-order valence-corrected chi connectivity index (χ3v) is 4.44. The molecule has 5 atom stereocenters. The van der Waals surface area contributed by atoms with Crippen molar-refractivity contribution in [1.82, 2.24) is 5.32 Å². The van der Waals surface area contributed by atoms with Gasteiger partial charge in [-0.05, 0) is 13.3 Å². The SMILES string of the molecule is CCNC1=N[C@H]2[C@H](O)[C@@H](O)[C@H](CO)C[C@H]2S1. The Balaban J connectivity index is 2.08. The number of aliphatic imine (C=N–C) groups is 1. The first kappa shape index (κ1) is 12.2. The van der Waals surface area contributed by atoms with Crippen LogP contribution in [0.3, 0.4) is 0 Å². The fourth-order valence-electron chi connectivity index (χ4n) is 2.29. The van der Waals surface area contributed by atoms with Gasteiger partial charge in [-0.15, -0.1) is 0 Å². The largest absolute Gasteiger partial charge is 0.396 e. The number of hydrogen-bond acceptors (Lipinski definition) is 6. The highest BCUT2D eigenvalue weighted by molar-refractivity contribution is 8.14. The number of aliphatic hydroxyl groups is 3. The van der Waals surface area contributed by atoms with Gasteiger partial charge in [-0.25, -0.2) is 0 Å². The van der Waals surface area contributed by atoms with E-state index in [9.17, 15) is 10.2 Å². The van der Waals surface area contributed by atoms with E-state index < -0.39 is 12.2 Å². The van der Waals surface area contributed by atoms with Crippen LogP contribution in [0.15, 0.2) is 4.99 Å². The number of hydrogen-bond donors (Lipinski definition) is 4. The molecule has 0 radical (unpaired) electrons. The van der Waals surface area contributed by atoms with Gasteiger partial charge in [0, 0.05) is 24.3 Å². The van der Waals surface area contributed by atoms with E-state index in [0.717, 1.165) is 11.7 Å². The van der Waals surface area contributed by atoms with Gasteiger partial charge in [-0.1, -0.05) is 11.8 Å². The van der Waals surface area contributed by atoms with Gasteiger partial charge in [0.2, 0.25) is 0 Å². The first-order valence-corrected chi connectivity index (χ1v) is 6.50. The molecular weight excluding hydrogens is 228 g/mol. The number of amidine groups is 1. The summed E-state index contributed by atoms with van der Waals surface area (Å²) in [6.45, 7) is 2.71. The topological polar surface area (TPSA) is 85.1 Å². The van der Waals surface area contributed by atoms with Crippen LogP contribution in [0, 0.1) is 5.92 Å². The second-order valence-electron chi connectivity index (χ2n) is 4.27. The van der Waals surface area contributed by atoms with Gasteiger partial charge >= 0.3 is 0 Å². The quantitative estimate of drug-likeness (QED) is 0.511. The van der Waals surface area contributed by atoms with E-state index in [1.165, 1.54) is 0 Å². The van der Waals surface area contributed by atoms with Crippen molar-refractivity contribution >= 4 is 16.9 Å². The second-order valence-corrected chi connectivity index (χ2v) is 5.50. The molecule has 0 spiro atoms.